The number of amides is 1. The van der Waals surface area contributed by atoms with Gasteiger partial charge in [-0.2, -0.15) is 0 Å². The second kappa shape index (κ2) is 5.08. The number of carbonyl (C=O) groups is 1. The Bertz CT molecular complexity index is 491. The monoisotopic (exact) mass is 277 g/mol. The lowest BCUT2D eigenvalue weighted by atomic mass is 10.1. The second-order valence-electron chi connectivity index (χ2n) is 5.65. The first kappa shape index (κ1) is 12.9. The van der Waals surface area contributed by atoms with E-state index in [0.29, 0.717) is 23.4 Å². The van der Waals surface area contributed by atoms with E-state index < -0.39 is 10.8 Å². The first-order chi connectivity index (χ1) is 9.15. The van der Waals surface area contributed by atoms with Crippen LogP contribution in [0.15, 0.2) is 29.2 Å². The SMILES string of the molecule is C[S@](=O)c1ccc(C(=O)NC(C2CC2)C2CC2)cc1. The van der Waals surface area contributed by atoms with E-state index in [1.165, 1.54) is 25.7 Å². The molecule has 3 nitrogen and oxygen atoms in total. The van der Waals surface area contributed by atoms with Crippen molar-refractivity contribution < 1.29 is 9.00 Å². The van der Waals surface area contributed by atoms with Crippen molar-refractivity contribution in [1.82, 2.24) is 5.32 Å². The van der Waals surface area contributed by atoms with E-state index in [2.05, 4.69) is 5.32 Å². The van der Waals surface area contributed by atoms with Crippen molar-refractivity contribution >= 4 is 16.7 Å². The fourth-order valence-corrected chi connectivity index (χ4v) is 3.08. The summed E-state index contributed by atoms with van der Waals surface area (Å²) in [4.78, 5) is 13.0. The molecule has 1 amide bonds. The predicted octanol–water partition coefficient (Wildman–Crippen LogP) is 2.34. The Kier molecular flexibility index (Phi) is 3.44. The van der Waals surface area contributed by atoms with Gasteiger partial charge in [0, 0.05) is 33.6 Å². The quantitative estimate of drug-likeness (QED) is 0.898. The molecule has 2 fully saturated rings. The topological polar surface area (TPSA) is 46.2 Å². The van der Waals surface area contributed by atoms with Gasteiger partial charge in [0.1, 0.15) is 0 Å². The lowest BCUT2D eigenvalue weighted by molar-refractivity contribution is 0.0926. The maximum Gasteiger partial charge on any atom is 0.251 e. The zero-order valence-corrected chi connectivity index (χ0v) is 11.9. The van der Waals surface area contributed by atoms with Gasteiger partial charge in [0.2, 0.25) is 0 Å². The van der Waals surface area contributed by atoms with Crippen LogP contribution in [0.1, 0.15) is 36.0 Å². The molecule has 19 heavy (non-hydrogen) atoms. The van der Waals surface area contributed by atoms with Crippen molar-refractivity contribution in [3.63, 3.8) is 0 Å². The number of benzene rings is 1. The van der Waals surface area contributed by atoms with Crippen LogP contribution in [0.5, 0.6) is 0 Å². The summed E-state index contributed by atoms with van der Waals surface area (Å²) in [5, 5.41) is 3.19. The van der Waals surface area contributed by atoms with Crippen LogP contribution < -0.4 is 5.32 Å². The van der Waals surface area contributed by atoms with Crippen molar-refractivity contribution in [1.29, 1.82) is 0 Å². The van der Waals surface area contributed by atoms with Crippen LogP contribution in [0.4, 0.5) is 0 Å². The molecule has 0 bridgehead atoms. The first-order valence-electron chi connectivity index (χ1n) is 6.89. The number of rotatable bonds is 5. The third kappa shape index (κ3) is 3.06. The molecule has 1 atom stereocenters. The van der Waals surface area contributed by atoms with Crippen LogP contribution in [0, 0.1) is 11.8 Å². The third-order valence-corrected chi connectivity index (χ3v) is 4.94. The minimum atomic E-state index is -0.988. The lowest BCUT2D eigenvalue weighted by Gasteiger charge is -2.17. The molecule has 0 aliphatic heterocycles. The van der Waals surface area contributed by atoms with Crippen molar-refractivity contribution in [3.05, 3.63) is 29.8 Å². The minimum absolute atomic E-state index is 0.0113. The van der Waals surface area contributed by atoms with Crippen LogP contribution in [-0.2, 0) is 10.8 Å². The zero-order chi connectivity index (χ0) is 13.4. The van der Waals surface area contributed by atoms with Crippen molar-refractivity contribution in [2.75, 3.05) is 6.26 Å². The van der Waals surface area contributed by atoms with Gasteiger partial charge in [0.15, 0.2) is 0 Å². The van der Waals surface area contributed by atoms with Crippen LogP contribution in [0.2, 0.25) is 0 Å². The van der Waals surface area contributed by atoms with E-state index in [0.717, 1.165) is 4.90 Å². The number of hydrogen-bond donors (Lipinski definition) is 1. The highest BCUT2D eigenvalue weighted by molar-refractivity contribution is 7.84. The molecule has 0 aromatic heterocycles. The summed E-state index contributed by atoms with van der Waals surface area (Å²) in [6.45, 7) is 0. The highest BCUT2D eigenvalue weighted by Gasteiger charge is 2.42. The van der Waals surface area contributed by atoms with Gasteiger partial charge in [0.05, 0.1) is 0 Å². The summed E-state index contributed by atoms with van der Waals surface area (Å²) in [6.07, 6.45) is 6.68. The summed E-state index contributed by atoms with van der Waals surface area (Å²) in [7, 11) is -0.988. The van der Waals surface area contributed by atoms with Crippen LogP contribution in [0.3, 0.4) is 0 Å². The van der Waals surface area contributed by atoms with Crippen LogP contribution >= 0.6 is 0 Å². The minimum Gasteiger partial charge on any atom is -0.349 e. The van der Waals surface area contributed by atoms with Gasteiger partial charge >= 0.3 is 0 Å². The molecule has 1 aromatic rings. The van der Waals surface area contributed by atoms with Crippen molar-refractivity contribution in [3.8, 4) is 0 Å². The standard InChI is InChI=1S/C15H19NO2S/c1-19(18)13-8-6-12(7-9-13)15(17)16-14(10-2-3-10)11-4-5-11/h6-11,14H,2-5H2,1H3,(H,16,17)/t19-/m0/s1. The molecule has 2 aliphatic rings. The summed E-state index contributed by atoms with van der Waals surface area (Å²) in [5.74, 6) is 1.43. The van der Waals surface area contributed by atoms with Crippen LogP contribution in [0.25, 0.3) is 0 Å². The molecule has 2 saturated carbocycles. The molecule has 3 rings (SSSR count). The summed E-state index contributed by atoms with van der Waals surface area (Å²) >= 11 is 0. The molecule has 1 N–H and O–H groups in total. The molecular formula is C15H19NO2S. The average Bonchev–Trinajstić information content (AvgIpc) is 3.29. The van der Waals surface area contributed by atoms with Gasteiger partial charge in [-0.15, -0.1) is 0 Å². The Hall–Kier alpha value is -1.16. The van der Waals surface area contributed by atoms with E-state index in [1.807, 2.05) is 0 Å². The maximum atomic E-state index is 12.2. The highest BCUT2D eigenvalue weighted by Crippen LogP contribution is 2.44. The molecule has 0 spiro atoms. The number of hydrogen-bond acceptors (Lipinski definition) is 2. The molecule has 2 aliphatic carbocycles. The Balaban J connectivity index is 1.67. The highest BCUT2D eigenvalue weighted by atomic mass is 32.2. The van der Waals surface area contributed by atoms with Gasteiger partial charge < -0.3 is 5.32 Å². The molecule has 4 heteroatoms. The van der Waals surface area contributed by atoms with Gasteiger partial charge in [-0.25, -0.2) is 0 Å². The van der Waals surface area contributed by atoms with Gasteiger partial charge in [-0.3, -0.25) is 9.00 Å². The maximum absolute atomic E-state index is 12.2. The number of carbonyl (C=O) groups excluding carboxylic acids is 1. The van der Waals surface area contributed by atoms with E-state index in [-0.39, 0.29) is 5.91 Å². The third-order valence-electron chi connectivity index (χ3n) is 4.01. The molecule has 0 heterocycles. The Morgan fingerprint density at radius 3 is 2.11 bits per heavy atom. The average molecular weight is 277 g/mol. The Morgan fingerprint density at radius 2 is 1.68 bits per heavy atom. The fraction of sp³-hybridized carbons (Fsp3) is 0.533. The predicted molar refractivity (Wildman–Crippen MR) is 75.5 cm³/mol. The molecule has 0 radical (unpaired) electrons. The zero-order valence-electron chi connectivity index (χ0n) is 11.1. The van der Waals surface area contributed by atoms with Gasteiger partial charge in [-0.05, 0) is 61.8 Å². The molecular weight excluding hydrogens is 258 g/mol. The smallest absolute Gasteiger partial charge is 0.251 e. The fourth-order valence-electron chi connectivity index (χ4n) is 2.56. The largest absolute Gasteiger partial charge is 0.349 e. The van der Waals surface area contributed by atoms with E-state index in [9.17, 15) is 9.00 Å². The van der Waals surface area contributed by atoms with Crippen molar-refractivity contribution in [2.24, 2.45) is 11.8 Å². The van der Waals surface area contributed by atoms with E-state index >= 15 is 0 Å². The van der Waals surface area contributed by atoms with E-state index in [4.69, 9.17) is 0 Å². The Morgan fingerprint density at radius 1 is 1.16 bits per heavy atom. The second-order valence-corrected chi connectivity index (χ2v) is 7.03. The number of nitrogens with one attached hydrogen (secondary N) is 1. The van der Waals surface area contributed by atoms with E-state index in [1.54, 1.807) is 30.5 Å². The first-order valence-corrected chi connectivity index (χ1v) is 8.45. The Labute approximate surface area is 116 Å². The molecule has 102 valence electrons. The van der Waals surface area contributed by atoms with Gasteiger partial charge in [0.25, 0.3) is 5.91 Å². The summed E-state index contributed by atoms with van der Waals surface area (Å²) in [6, 6.07) is 7.46. The summed E-state index contributed by atoms with van der Waals surface area (Å²) in [5.41, 5.74) is 0.667. The lowest BCUT2D eigenvalue weighted by Crippen LogP contribution is -2.38. The normalized spacial score (nSPS) is 20.3. The van der Waals surface area contributed by atoms with Crippen molar-refractivity contribution in [2.45, 2.75) is 36.6 Å². The van der Waals surface area contributed by atoms with Crippen LogP contribution in [-0.4, -0.2) is 22.4 Å². The molecule has 0 unspecified atom stereocenters. The van der Waals surface area contributed by atoms with Gasteiger partial charge in [-0.1, -0.05) is 0 Å². The molecule has 1 aromatic carbocycles. The summed E-state index contributed by atoms with van der Waals surface area (Å²) < 4.78 is 11.3. The molecule has 0 saturated heterocycles.